The second-order valence-electron chi connectivity index (χ2n) is 8.60. The summed E-state index contributed by atoms with van der Waals surface area (Å²) in [6.45, 7) is 0.125. The normalized spacial score (nSPS) is 23.5. The highest BCUT2D eigenvalue weighted by Gasteiger charge is 2.48. The van der Waals surface area contributed by atoms with E-state index in [1.165, 1.54) is 6.20 Å². The molecule has 3 aromatic rings. The van der Waals surface area contributed by atoms with Crippen molar-refractivity contribution in [3.05, 3.63) is 42.2 Å². The zero-order valence-electron chi connectivity index (χ0n) is 16.9. The number of ether oxygens (including phenoxy) is 1. The van der Waals surface area contributed by atoms with Gasteiger partial charge in [0.25, 0.3) is 0 Å². The Hall–Kier alpha value is -2.98. The summed E-state index contributed by atoms with van der Waals surface area (Å²) in [5, 5.41) is 3.77. The van der Waals surface area contributed by atoms with Gasteiger partial charge in [0, 0.05) is 19.2 Å². The summed E-state index contributed by atoms with van der Waals surface area (Å²) in [5.41, 5.74) is 0.338. The van der Waals surface area contributed by atoms with E-state index in [9.17, 15) is 22.0 Å². The molecule has 1 aliphatic heterocycles. The Labute approximate surface area is 180 Å². The predicted octanol–water partition coefficient (Wildman–Crippen LogP) is 4.49. The molecule has 0 unspecified atom stereocenters. The minimum atomic E-state index is -4.41. The molecule has 2 aromatic heterocycles. The van der Waals surface area contributed by atoms with Gasteiger partial charge in [-0.2, -0.15) is 18.3 Å². The highest BCUT2D eigenvalue weighted by Crippen LogP contribution is 2.49. The predicted molar refractivity (Wildman–Crippen MR) is 105 cm³/mol. The summed E-state index contributed by atoms with van der Waals surface area (Å²) in [5.74, 6) is -0.748. The highest BCUT2D eigenvalue weighted by atomic mass is 19.4. The van der Waals surface area contributed by atoms with Crippen molar-refractivity contribution in [2.75, 3.05) is 18.0 Å². The molecule has 11 heteroatoms. The van der Waals surface area contributed by atoms with E-state index in [0.717, 1.165) is 35.7 Å². The average Bonchev–Trinajstić information content (AvgIpc) is 3.10. The van der Waals surface area contributed by atoms with Crippen LogP contribution in [0, 0.1) is 17.0 Å². The minimum Gasteiger partial charge on any atom is -0.487 e. The lowest BCUT2D eigenvalue weighted by Crippen LogP contribution is -2.54. The first-order chi connectivity index (χ1) is 15.2. The van der Waals surface area contributed by atoms with Crippen LogP contribution in [0.2, 0.25) is 0 Å². The number of benzene rings is 1. The maximum absolute atomic E-state index is 13.9. The number of anilines is 1. The van der Waals surface area contributed by atoms with Crippen molar-refractivity contribution in [3.63, 3.8) is 0 Å². The van der Waals surface area contributed by atoms with Gasteiger partial charge in [0.2, 0.25) is 0 Å². The summed E-state index contributed by atoms with van der Waals surface area (Å²) < 4.78 is 72.2. The maximum Gasteiger partial charge on any atom is 0.408 e. The molecule has 3 heterocycles. The third-order valence-electron chi connectivity index (χ3n) is 6.16. The molecule has 5 rings (SSSR count). The maximum atomic E-state index is 13.9. The quantitative estimate of drug-likeness (QED) is 0.545. The van der Waals surface area contributed by atoms with Gasteiger partial charge in [-0.25, -0.2) is 23.4 Å². The first kappa shape index (κ1) is 20.9. The molecule has 32 heavy (non-hydrogen) atoms. The van der Waals surface area contributed by atoms with Gasteiger partial charge in [-0.15, -0.1) is 0 Å². The third kappa shape index (κ3) is 4.07. The van der Waals surface area contributed by atoms with Crippen LogP contribution < -0.4 is 9.64 Å². The number of rotatable bonds is 4. The number of aromatic nitrogens is 4. The zero-order valence-corrected chi connectivity index (χ0v) is 16.9. The van der Waals surface area contributed by atoms with Crippen LogP contribution in [0.15, 0.2) is 30.6 Å². The van der Waals surface area contributed by atoms with E-state index in [1.807, 2.05) is 4.90 Å². The molecule has 0 radical (unpaired) electrons. The van der Waals surface area contributed by atoms with Gasteiger partial charge in [-0.1, -0.05) is 0 Å². The van der Waals surface area contributed by atoms with Gasteiger partial charge in [-0.05, 0) is 43.2 Å². The van der Waals surface area contributed by atoms with Crippen molar-refractivity contribution in [2.24, 2.45) is 5.41 Å². The van der Waals surface area contributed by atoms with E-state index in [4.69, 9.17) is 4.74 Å². The van der Waals surface area contributed by atoms with Crippen molar-refractivity contribution < 1.29 is 26.7 Å². The van der Waals surface area contributed by atoms with Crippen molar-refractivity contribution >= 4 is 17.0 Å². The average molecular weight is 453 g/mol. The van der Waals surface area contributed by atoms with Crippen LogP contribution >= 0.6 is 0 Å². The van der Waals surface area contributed by atoms with E-state index in [2.05, 4.69) is 15.1 Å². The fraction of sp³-hybridized carbons (Fsp3) is 0.476. The Balaban J connectivity index is 1.29. The van der Waals surface area contributed by atoms with Gasteiger partial charge in [0.1, 0.15) is 29.8 Å². The Morgan fingerprint density at radius 1 is 1.16 bits per heavy atom. The summed E-state index contributed by atoms with van der Waals surface area (Å²) in [7, 11) is 0. The SMILES string of the molecule is Fc1ccc(F)c(OC2CC3(CCCN(c4cnc5cnn(CC(F)(F)F)c5n4)C3)C2)c1. The van der Waals surface area contributed by atoms with Crippen LogP contribution in [0.5, 0.6) is 5.75 Å². The van der Waals surface area contributed by atoms with Crippen LogP contribution in [0.4, 0.5) is 27.8 Å². The molecule has 170 valence electrons. The fourth-order valence-corrected chi connectivity index (χ4v) is 4.75. The first-order valence-electron chi connectivity index (χ1n) is 10.3. The molecule has 2 fully saturated rings. The van der Waals surface area contributed by atoms with Crippen molar-refractivity contribution in [2.45, 2.75) is 44.5 Å². The van der Waals surface area contributed by atoms with E-state index in [-0.39, 0.29) is 22.9 Å². The highest BCUT2D eigenvalue weighted by molar-refractivity contribution is 5.71. The van der Waals surface area contributed by atoms with E-state index >= 15 is 0 Å². The lowest BCUT2D eigenvalue weighted by molar-refractivity contribution is -0.141. The minimum absolute atomic E-state index is 0.0600. The van der Waals surface area contributed by atoms with Gasteiger partial charge >= 0.3 is 6.18 Å². The van der Waals surface area contributed by atoms with Crippen molar-refractivity contribution in [1.82, 2.24) is 19.7 Å². The first-order valence-corrected chi connectivity index (χ1v) is 10.3. The number of hydrogen-bond acceptors (Lipinski definition) is 5. The summed E-state index contributed by atoms with van der Waals surface area (Å²) in [6.07, 6.45) is 1.40. The fourth-order valence-electron chi connectivity index (χ4n) is 4.75. The molecule has 0 N–H and O–H groups in total. The lowest BCUT2D eigenvalue weighted by Gasteiger charge is -2.52. The van der Waals surface area contributed by atoms with E-state index in [0.29, 0.717) is 37.3 Å². The second kappa shape index (κ2) is 7.56. The van der Waals surface area contributed by atoms with Gasteiger partial charge in [0.05, 0.1) is 12.4 Å². The largest absolute Gasteiger partial charge is 0.487 e. The Bertz CT molecular complexity index is 1140. The van der Waals surface area contributed by atoms with Crippen LogP contribution in [0.3, 0.4) is 0 Å². The smallest absolute Gasteiger partial charge is 0.408 e. The molecule has 6 nitrogen and oxygen atoms in total. The summed E-state index contributed by atoms with van der Waals surface area (Å²) in [6, 6.07) is 3.13. The molecule has 0 atom stereocenters. The van der Waals surface area contributed by atoms with Crippen LogP contribution in [0.1, 0.15) is 25.7 Å². The Kier molecular flexibility index (Phi) is 4.94. The number of nitrogens with zero attached hydrogens (tertiary/aromatic N) is 5. The number of piperidine rings is 1. The van der Waals surface area contributed by atoms with E-state index in [1.54, 1.807) is 6.20 Å². The van der Waals surface area contributed by atoms with Gasteiger partial charge in [-0.3, -0.25) is 0 Å². The van der Waals surface area contributed by atoms with Crippen molar-refractivity contribution in [1.29, 1.82) is 0 Å². The van der Waals surface area contributed by atoms with Gasteiger partial charge in [0.15, 0.2) is 17.2 Å². The molecule has 0 amide bonds. The number of fused-ring (bicyclic) bond motifs is 1. The Morgan fingerprint density at radius 2 is 1.97 bits per heavy atom. The molecule has 2 aliphatic rings. The molecule has 1 aromatic carbocycles. The standard InChI is InChI=1S/C21H20F5N5O/c22-13-2-3-15(23)17(6-13)32-14-7-20(8-14)4-1-5-30(11-20)18-10-27-16-9-28-31(19(16)29-18)12-21(24,25)26/h2-3,6,9-10,14H,1,4-5,7-8,11-12H2. The lowest BCUT2D eigenvalue weighted by atomic mass is 9.62. The molecule has 1 saturated carbocycles. The van der Waals surface area contributed by atoms with Crippen LogP contribution in [-0.4, -0.2) is 45.1 Å². The van der Waals surface area contributed by atoms with Crippen molar-refractivity contribution in [3.8, 4) is 5.75 Å². The number of halogens is 5. The van der Waals surface area contributed by atoms with E-state index < -0.39 is 24.4 Å². The second-order valence-corrected chi connectivity index (χ2v) is 8.60. The Morgan fingerprint density at radius 3 is 2.75 bits per heavy atom. The number of alkyl halides is 3. The van der Waals surface area contributed by atoms with Crippen LogP contribution in [-0.2, 0) is 6.54 Å². The van der Waals surface area contributed by atoms with Gasteiger partial charge < -0.3 is 9.64 Å². The molecule has 1 aliphatic carbocycles. The molecule has 1 saturated heterocycles. The third-order valence-corrected chi connectivity index (χ3v) is 6.16. The topological polar surface area (TPSA) is 56.1 Å². The molecule has 0 bridgehead atoms. The molecular weight excluding hydrogens is 433 g/mol. The monoisotopic (exact) mass is 453 g/mol. The summed E-state index contributed by atoms with van der Waals surface area (Å²) in [4.78, 5) is 10.7. The van der Waals surface area contributed by atoms with Crippen LogP contribution in [0.25, 0.3) is 11.2 Å². The number of hydrogen-bond donors (Lipinski definition) is 0. The zero-order chi connectivity index (χ0) is 22.5. The summed E-state index contributed by atoms with van der Waals surface area (Å²) >= 11 is 0. The molecular formula is C21H20F5N5O. The molecule has 1 spiro atoms.